The van der Waals surface area contributed by atoms with Gasteiger partial charge in [0, 0.05) is 18.0 Å². The molecule has 20 heavy (non-hydrogen) atoms. The van der Waals surface area contributed by atoms with E-state index in [1.165, 1.54) is 12.1 Å². The lowest BCUT2D eigenvalue weighted by molar-refractivity contribution is 0.0694. The quantitative estimate of drug-likeness (QED) is 0.779. The smallest absolute Gasteiger partial charge is 0.339 e. The van der Waals surface area contributed by atoms with Gasteiger partial charge in [0.1, 0.15) is 22.8 Å². The van der Waals surface area contributed by atoms with Crippen LogP contribution in [-0.4, -0.2) is 22.2 Å². The molecule has 0 amide bonds. The number of aromatic hydroxyl groups is 1. The Morgan fingerprint density at radius 1 is 1.35 bits per heavy atom. The molecule has 1 aromatic heterocycles. The number of rotatable bonds is 5. The number of benzene rings is 1. The number of nitrogens with two attached hydrogens (primary N) is 1. The number of phenols is 1. The van der Waals surface area contributed by atoms with Crippen LogP contribution < -0.4 is 5.73 Å². The summed E-state index contributed by atoms with van der Waals surface area (Å²) >= 11 is 0. The maximum atomic E-state index is 10.8. The second-order valence-corrected chi connectivity index (χ2v) is 4.68. The molecule has 0 saturated carbocycles. The van der Waals surface area contributed by atoms with Gasteiger partial charge in [0.05, 0.1) is 0 Å². The Hall–Kier alpha value is -2.27. The van der Waals surface area contributed by atoms with Crippen LogP contribution in [-0.2, 0) is 6.42 Å². The second kappa shape index (κ2) is 5.79. The monoisotopic (exact) mass is 275 g/mol. The number of carboxylic acids is 1. The fourth-order valence-corrected chi connectivity index (χ4v) is 1.91. The van der Waals surface area contributed by atoms with Crippen molar-refractivity contribution < 1.29 is 19.4 Å². The highest BCUT2D eigenvalue weighted by Gasteiger charge is 2.13. The van der Waals surface area contributed by atoms with Crippen molar-refractivity contribution in [3.8, 4) is 17.1 Å². The van der Waals surface area contributed by atoms with Crippen LogP contribution in [0.15, 0.2) is 34.7 Å². The molecule has 1 unspecified atom stereocenters. The third kappa shape index (κ3) is 3.00. The van der Waals surface area contributed by atoms with Crippen molar-refractivity contribution >= 4 is 5.97 Å². The highest BCUT2D eigenvalue weighted by molar-refractivity contribution is 5.91. The van der Waals surface area contributed by atoms with Gasteiger partial charge in [-0.3, -0.25) is 0 Å². The molecule has 2 rings (SSSR count). The Morgan fingerprint density at radius 3 is 2.70 bits per heavy atom. The van der Waals surface area contributed by atoms with Crippen LogP contribution in [0.3, 0.4) is 0 Å². The molecule has 4 N–H and O–H groups in total. The Balaban J connectivity index is 2.24. The van der Waals surface area contributed by atoms with Crippen LogP contribution in [0.25, 0.3) is 11.3 Å². The zero-order chi connectivity index (χ0) is 14.7. The van der Waals surface area contributed by atoms with Gasteiger partial charge in [0.15, 0.2) is 0 Å². The molecule has 0 aliphatic rings. The molecule has 5 heteroatoms. The maximum Gasteiger partial charge on any atom is 0.339 e. The lowest BCUT2D eigenvalue weighted by Gasteiger charge is -2.05. The average molecular weight is 275 g/mol. The minimum absolute atomic E-state index is 0.0526. The van der Waals surface area contributed by atoms with Gasteiger partial charge in [-0.05, 0) is 30.7 Å². The van der Waals surface area contributed by atoms with Crippen molar-refractivity contribution in [3.05, 3.63) is 41.7 Å². The molecule has 0 saturated heterocycles. The van der Waals surface area contributed by atoms with Crippen molar-refractivity contribution in [2.75, 3.05) is 0 Å². The summed E-state index contributed by atoms with van der Waals surface area (Å²) in [4.78, 5) is 10.8. The SMILES string of the molecule is CCC(N)Cc1ccc(-c2ccc(C(=O)O)c(O)c2)o1. The molecule has 0 aliphatic heterocycles. The van der Waals surface area contributed by atoms with Crippen LogP contribution >= 0.6 is 0 Å². The van der Waals surface area contributed by atoms with Gasteiger partial charge in [-0.15, -0.1) is 0 Å². The Labute approximate surface area is 116 Å². The lowest BCUT2D eigenvalue weighted by atomic mass is 10.1. The molecule has 0 radical (unpaired) electrons. The lowest BCUT2D eigenvalue weighted by Crippen LogP contribution is -2.20. The number of carbonyl (C=O) groups is 1. The minimum atomic E-state index is -1.16. The zero-order valence-corrected chi connectivity index (χ0v) is 11.2. The molecule has 1 atom stereocenters. The number of carboxylic acid groups (broad SMARTS) is 1. The normalized spacial score (nSPS) is 12.3. The standard InChI is InChI=1S/C15H17NO4/c1-2-10(16)8-11-4-6-14(20-11)9-3-5-12(15(18)19)13(17)7-9/h3-7,10,17H,2,8,16H2,1H3,(H,18,19). The highest BCUT2D eigenvalue weighted by atomic mass is 16.4. The van der Waals surface area contributed by atoms with Crippen LogP contribution in [0, 0.1) is 0 Å². The molecule has 0 fully saturated rings. The van der Waals surface area contributed by atoms with E-state index >= 15 is 0 Å². The van der Waals surface area contributed by atoms with Gasteiger partial charge < -0.3 is 20.4 Å². The summed E-state index contributed by atoms with van der Waals surface area (Å²) in [5.74, 6) is -0.0898. The second-order valence-electron chi connectivity index (χ2n) is 4.68. The van der Waals surface area contributed by atoms with Crippen LogP contribution in [0.2, 0.25) is 0 Å². The molecule has 2 aromatic rings. The van der Waals surface area contributed by atoms with Crippen molar-refractivity contribution in [2.45, 2.75) is 25.8 Å². The van der Waals surface area contributed by atoms with Gasteiger partial charge in [-0.1, -0.05) is 13.0 Å². The molecule has 5 nitrogen and oxygen atoms in total. The molecule has 1 aromatic carbocycles. The molecular weight excluding hydrogens is 258 g/mol. The Bertz CT molecular complexity index is 618. The fraction of sp³-hybridized carbons (Fsp3) is 0.267. The van der Waals surface area contributed by atoms with E-state index in [9.17, 15) is 9.90 Å². The van der Waals surface area contributed by atoms with E-state index in [1.54, 1.807) is 12.1 Å². The number of furan rings is 1. The predicted octanol–water partition coefficient (Wildman–Crippen LogP) is 2.63. The summed E-state index contributed by atoms with van der Waals surface area (Å²) in [5.41, 5.74) is 6.36. The van der Waals surface area contributed by atoms with Crippen LogP contribution in [0.5, 0.6) is 5.75 Å². The van der Waals surface area contributed by atoms with Gasteiger partial charge in [0.25, 0.3) is 0 Å². The number of hydrogen-bond acceptors (Lipinski definition) is 4. The van der Waals surface area contributed by atoms with E-state index < -0.39 is 5.97 Å². The van der Waals surface area contributed by atoms with Crippen molar-refractivity contribution in [2.24, 2.45) is 5.73 Å². The molecule has 0 bridgehead atoms. The fourth-order valence-electron chi connectivity index (χ4n) is 1.91. The van der Waals surface area contributed by atoms with Crippen molar-refractivity contribution in [1.29, 1.82) is 0 Å². The average Bonchev–Trinajstić information content (AvgIpc) is 2.86. The number of aromatic carboxylic acids is 1. The Kier molecular flexibility index (Phi) is 4.10. The highest BCUT2D eigenvalue weighted by Crippen LogP contribution is 2.28. The van der Waals surface area contributed by atoms with Gasteiger partial charge in [-0.2, -0.15) is 0 Å². The van der Waals surface area contributed by atoms with E-state index in [0.717, 1.165) is 12.2 Å². The summed E-state index contributed by atoms with van der Waals surface area (Å²) in [6.07, 6.45) is 1.51. The predicted molar refractivity (Wildman–Crippen MR) is 74.7 cm³/mol. The third-order valence-corrected chi connectivity index (χ3v) is 3.16. The van der Waals surface area contributed by atoms with E-state index in [2.05, 4.69) is 0 Å². The largest absolute Gasteiger partial charge is 0.507 e. The molecule has 1 heterocycles. The molecule has 0 aliphatic carbocycles. The maximum absolute atomic E-state index is 10.8. The van der Waals surface area contributed by atoms with Gasteiger partial charge >= 0.3 is 5.97 Å². The van der Waals surface area contributed by atoms with Gasteiger partial charge in [0.2, 0.25) is 0 Å². The van der Waals surface area contributed by atoms with Crippen molar-refractivity contribution in [3.63, 3.8) is 0 Å². The van der Waals surface area contributed by atoms with Gasteiger partial charge in [-0.25, -0.2) is 4.79 Å². The van der Waals surface area contributed by atoms with E-state index in [1.807, 2.05) is 13.0 Å². The molecular formula is C15H17NO4. The summed E-state index contributed by atoms with van der Waals surface area (Å²) in [7, 11) is 0. The first-order chi connectivity index (χ1) is 9.51. The van der Waals surface area contributed by atoms with E-state index in [0.29, 0.717) is 17.7 Å². The van der Waals surface area contributed by atoms with Crippen LogP contribution in [0.1, 0.15) is 29.5 Å². The zero-order valence-electron chi connectivity index (χ0n) is 11.2. The first kappa shape index (κ1) is 14.1. The van der Waals surface area contributed by atoms with Crippen molar-refractivity contribution in [1.82, 2.24) is 0 Å². The third-order valence-electron chi connectivity index (χ3n) is 3.16. The summed E-state index contributed by atoms with van der Waals surface area (Å²) in [6, 6.07) is 8.02. The molecule has 0 spiro atoms. The number of hydrogen-bond donors (Lipinski definition) is 3. The van der Waals surface area contributed by atoms with E-state index in [-0.39, 0.29) is 17.4 Å². The topological polar surface area (TPSA) is 96.7 Å². The Morgan fingerprint density at radius 2 is 2.10 bits per heavy atom. The summed E-state index contributed by atoms with van der Waals surface area (Å²) in [6.45, 7) is 2.01. The first-order valence-corrected chi connectivity index (χ1v) is 6.42. The summed E-state index contributed by atoms with van der Waals surface area (Å²) < 4.78 is 5.66. The van der Waals surface area contributed by atoms with Crippen LogP contribution in [0.4, 0.5) is 0 Å². The first-order valence-electron chi connectivity index (χ1n) is 6.42. The summed E-state index contributed by atoms with van der Waals surface area (Å²) in [5, 5.41) is 18.5. The molecule has 106 valence electrons. The minimum Gasteiger partial charge on any atom is -0.507 e. The van der Waals surface area contributed by atoms with E-state index in [4.69, 9.17) is 15.3 Å².